The highest BCUT2D eigenvalue weighted by atomic mass is 32.2. The van der Waals surface area contributed by atoms with Gasteiger partial charge in [-0.1, -0.05) is 13.8 Å². The molecule has 1 fully saturated rings. The molecule has 0 aromatic carbocycles. The van der Waals surface area contributed by atoms with Gasteiger partial charge in [0.2, 0.25) is 0 Å². The Morgan fingerprint density at radius 3 is 2.58 bits per heavy atom. The summed E-state index contributed by atoms with van der Waals surface area (Å²) in [6, 6.07) is 0. The van der Waals surface area contributed by atoms with Gasteiger partial charge >= 0.3 is 0 Å². The van der Waals surface area contributed by atoms with E-state index in [-0.39, 0.29) is 5.92 Å². The summed E-state index contributed by atoms with van der Waals surface area (Å²) in [4.78, 5) is 4.49. The summed E-state index contributed by atoms with van der Waals surface area (Å²) in [5, 5.41) is 0. The van der Waals surface area contributed by atoms with Crippen molar-refractivity contribution in [3.63, 3.8) is 0 Å². The van der Waals surface area contributed by atoms with Gasteiger partial charge in [0, 0.05) is 45.7 Å². The molecule has 2 aliphatic rings. The molecule has 0 amide bonds. The van der Waals surface area contributed by atoms with Crippen LogP contribution >= 0.6 is 0 Å². The van der Waals surface area contributed by atoms with E-state index < -0.39 is 10.2 Å². The van der Waals surface area contributed by atoms with Gasteiger partial charge in [0.15, 0.2) is 5.89 Å². The summed E-state index contributed by atoms with van der Waals surface area (Å²) in [7, 11) is -1.74. The zero-order chi connectivity index (χ0) is 17.3. The van der Waals surface area contributed by atoms with Crippen molar-refractivity contribution in [2.75, 3.05) is 33.4 Å². The highest BCUT2D eigenvalue weighted by Gasteiger charge is 2.36. The lowest BCUT2D eigenvalue weighted by Gasteiger charge is -2.35. The number of aromatic nitrogens is 1. The smallest absolute Gasteiger partial charge is 0.282 e. The van der Waals surface area contributed by atoms with Crippen molar-refractivity contribution in [2.24, 2.45) is 5.92 Å². The predicted molar refractivity (Wildman–Crippen MR) is 89.8 cm³/mol. The molecular formula is C16H27N3O4S. The first kappa shape index (κ1) is 17.8. The summed E-state index contributed by atoms with van der Waals surface area (Å²) in [5.41, 5.74) is 0.766. The van der Waals surface area contributed by atoms with Crippen LogP contribution in [0.4, 0.5) is 0 Å². The van der Waals surface area contributed by atoms with Crippen LogP contribution in [-0.4, -0.2) is 55.4 Å². The number of hydrogen-bond acceptors (Lipinski definition) is 5. The monoisotopic (exact) mass is 357 g/mol. The number of methoxy groups -OCH3 is 1. The molecule has 8 heteroatoms. The Balaban J connectivity index is 1.68. The number of rotatable bonds is 5. The van der Waals surface area contributed by atoms with Gasteiger partial charge in [-0.05, 0) is 18.8 Å². The van der Waals surface area contributed by atoms with E-state index in [1.165, 1.54) is 0 Å². The molecule has 3 rings (SSSR count). The van der Waals surface area contributed by atoms with Crippen LogP contribution in [0.5, 0.6) is 0 Å². The van der Waals surface area contributed by atoms with Crippen LogP contribution in [0.2, 0.25) is 0 Å². The van der Waals surface area contributed by atoms with Crippen molar-refractivity contribution in [1.29, 1.82) is 0 Å². The summed E-state index contributed by atoms with van der Waals surface area (Å²) < 4.78 is 39.9. The number of piperidine rings is 1. The quantitative estimate of drug-likeness (QED) is 0.803. The molecule has 1 aromatic rings. The minimum Gasteiger partial charge on any atom is -0.445 e. The standard InChI is InChI=1S/C16H27N3O4S/c1-12(2)16-17-14-10-19(9-6-15(14)23-16)24(20,21)18-7-4-13(5-8-18)11-22-3/h12-13H,4-11H2,1-3H3. The van der Waals surface area contributed by atoms with Crippen LogP contribution < -0.4 is 0 Å². The summed E-state index contributed by atoms with van der Waals surface area (Å²) in [6.07, 6.45) is 2.30. The molecule has 0 spiro atoms. The zero-order valence-electron chi connectivity index (χ0n) is 14.7. The second-order valence-corrected chi connectivity index (χ2v) is 8.89. The van der Waals surface area contributed by atoms with Crippen LogP contribution in [0.25, 0.3) is 0 Å². The van der Waals surface area contributed by atoms with Crippen LogP contribution in [-0.2, 0) is 27.9 Å². The molecule has 24 heavy (non-hydrogen) atoms. The molecule has 0 bridgehead atoms. The Morgan fingerprint density at radius 1 is 1.25 bits per heavy atom. The summed E-state index contributed by atoms with van der Waals surface area (Å²) in [6.45, 7) is 6.65. The van der Waals surface area contributed by atoms with E-state index in [1.54, 1.807) is 15.7 Å². The van der Waals surface area contributed by atoms with Crippen molar-refractivity contribution in [3.05, 3.63) is 17.3 Å². The van der Waals surface area contributed by atoms with Crippen LogP contribution in [0.15, 0.2) is 4.42 Å². The topological polar surface area (TPSA) is 75.9 Å². The fourth-order valence-electron chi connectivity index (χ4n) is 3.34. The largest absolute Gasteiger partial charge is 0.445 e. The molecule has 0 unspecified atom stereocenters. The van der Waals surface area contributed by atoms with Gasteiger partial charge in [0.05, 0.1) is 12.2 Å². The third-order valence-corrected chi connectivity index (χ3v) is 6.81. The SMILES string of the molecule is COCC1CCN(S(=O)(=O)N2CCc3oc(C(C)C)nc3C2)CC1. The lowest BCUT2D eigenvalue weighted by atomic mass is 9.99. The van der Waals surface area contributed by atoms with E-state index in [0.717, 1.165) is 24.3 Å². The average molecular weight is 357 g/mol. The normalized spacial score (nSPS) is 21.3. The molecule has 1 aromatic heterocycles. The molecule has 1 saturated heterocycles. The Hall–Kier alpha value is -0.960. The second-order valence-electron chi connectivity index (χ2n) is 6.97. The first-order valence-corrected chi connectivity index (χ1v) is 10.0. The molecule has 0 aliphatic carbocycles. The fraction of sp³-hybridized carbons (Fsp3) is 0.812. The average Bonchev–Trinajstić information content (AvgIpc) is 2.99. The van der Waals surface area contributed by atoms with E-state index in [0.29, 0.717) is 51.0 Å². The number of hydrogen-bond donors (Lipinski definition) is 0. The lowest BCUT2D eigenvalue weighted by Crippen LogP contribution is -2.48. The van der Waals surface area contributed by atoms with Gasteiger partial charge in [0.25, 0.3) is 10.2 Å². The number of fused-ring (bicyclic) bond motifs is 1. The third-order valence-electron chi connectivity index (χ3n) is 4.83. The van der Waals surface area contributed by atoms with E-state index in [4.69, 9.17) is 9.15 Å². The highest BCUT2D eigenvalue weighted by Crippen LogP contribution is 2.28. The van der Waals surface area contributed by atoms with E-state index in [1.807, 2.05) is 13.8 Å². The van der Waals surface area contributed by atoms with Gasteiger partial charge in [-0.3, -0.25) is 0 Å². The van der Waals surface area contributed by atoms with Crippen molar-refractivity contribution in [1.82, 2.24) is 13.6 Å². The molecule has 0 atom stereocenters. The maximum Gasteiger partial charge on any atom is 0.282 e. The molecule has 3 heterocycles. The van der Waals surface area contributed by atoms with E-state index in [2.05, 4.69) is 4.98 Å². The maximum atomic E-state index is 12.9. The maximum absolute atomic E-state index is 12.9. The summed E-state index contributed by atoms with van der Waals surface area (Å²) >= 11 is 0. The van der Waals surface area contributed by atoms with Gasteiger partial charge in [-0.15, -0.1) is 0 Å². The Labute approximate surface area is 144 Å². The Bertz CT molecular complexity index is 663. The summed E-state index contributed by atoms with van der Waals surface area (Å²) in [5.74, 6) is 2.20. The van der Waals surface area contributed by atoms with Gasteiger partial charge in [-0.25, -0.2) is 4.98 Å². The number of oxazole rings is 1. The number of ether oxygens (including phenoxy) is 1. The molecule has 0 saturated carbocycles. The molecular weight excluding hydrogens is 330 g/mol. The van der Waals surface area contributed by atoms with E-state index >= 15 is 0 Å². The Kier molecular flexibility index (Phi) is 5.29. The lowest BCUT2D eigenvalue weighted by molar-refractivity contribution is 0.119. The first-order valence-electron chi connectivity index (χ1n) is 8.64. The van der Waals surface area contributed by atoms with Gasteiger partial charge in [-0.2, -0.15) is 17.0 Å². The molecule has 7 nitrogen and oxygen atoms in total. The van der Waals surface area contributed by atoms with E-state index in [9.17, 15) is 8.42 Å². The first-order chi connectivity index (χ1) is 11.4. The van der Waals surface area contributed by atoms with Crippen LogP contribution in [0.1, 0.15) is 50.0 Å². The molecule has 136 valence electrons. The zero-order valence-corrected chi connectivity index (χ0v) is 15.5. The van der Waals surface area contributed by atoms with Gasteiger partial charge < -0.3 is 9.15 Å². The molecule has 0 N–H and O–H groups in total. The van der Waals surface area contributed by atoms with Crippen molar-refractivity contribution in [3.8, 4) is 0 Å². The van der Waals surface area contributed by atoms with Crippen LogP contribution in [0, 0.1) is 5.92 Å². The highest BCUT2D eigenvalue weighted by molar-refractivity contribution is 7.86. The predicted octanol–water partition coefficient (Wildman–Crippen LogP) is 1.76. The fourth-order valence-corrected chi connectivity index (χ4v) is 4.95. The minimum absolute atomic E-state index is 0.209. The third kappa shape index (κ3) is 3.51. The second kappa shape index (κ2) is 7.11. The minimum atomic E-state index is -3.43. The number of nitrogens with zero attached hydrogens (tertiary/aromatic N) is 3. The molecule has 0 radical (unpaired) electrons. The molecule has 2 aliphatic heterocycles. The van der Waals surface area contributed by atoms with Crippen LogP contribution in [0.3, 0.4) is 0 Å². The van der Waals surface area contributed by atoms with Crippen molar-refractivity contribution in [2.45, 2.75) is 45.6 Å². The van der Waals surface area contributed by atoms with Gasteiger partial charge in [0.1, 0.15) is 5.76 Å². The van der Waals surface area contributed by atoms with Crippen molar-refractivity contribution < 1.29 is 17.6 Å². The van der Waals surface area contributed by atoms with Crippen molar-refractivity contribution >= 4 is 10.2 Å². The Morgan fingerprint density at radius 2 is 1.96 bits per heavy atom.